The van der Waals surface area contributed by atoms with Crippen molar-refractivity contribution in [3.05, 3.63) is 33.9 Å². The van der Waals surface area contributed by atoms with Crippen molar-refractivity contribution in [1.82, 2.24) is 20.5 Å². The molecule has 0 aliphatic carbocycles. The van der Waals surface area contributed by atoms with E-state index in [1.807, 2.05) is 18.2 Å². The van der Waals surface area contributed by atoms with Crippen molar-refractivity contribution < 1.29 is 4.79 Å². The van der Waals surface area contributed by atoms with Gasteiger partial charge in [-0.05, 0) is 36.6 Å². The first kappa shape index (κ1) is 14.2. The number of anilines is 1. The van der Waals surface area contributed by atoms with Crippen molar-refractivity contribution in [2.24, 2.45) is 0 Å². The Morgan fingerprint density at radius 3 is 2.76 bits per heavy atom. The van der Waals surface area contributed by atoms with Gasteiger partial charge in [-0.2, -0.15) is 0 Å². The van der Waals surface area contributed by atoms with E-state index >= 15 is 0 Å². The average Bonchev–Trinajstić information content (AvgIpc) is 2.96. The molecule has 21 heavy (non-hydrogen) atoms. The normalized spacial score (nSPS) is 16.0. The number of carbonyl (C=O) groups is 1. The molecule has 2 aromatic heterocycles. The van der Waals surface area contributed by atoms with Crippen LogP contribution in [0.5, 0.6) is 0 Å². The largest absolute Gasteiger partial charge is 0.356 e. The molecule has 2 aromatic rings. The Labute approximate surface area is 131 Å². The summed E-state index contributed by atoms with van der Waals surface area (Å²) in [5.41, 5.74) is 0. The van der Waals surface area contributed by atoms with Gasteiger partial charge in [0.2, 0.25) is 9.47 Å². The highest BCUT2D eigenvalue weighted by Gasteiger charge is 2.23. The summed E-state index contributed by atoms with van der Waals surface area (Å²) in [5.74, 6) is 0.786. The topological polar surface area (TPSA) is 71.0 Å². The van der Waals surface area contributed by atoms with E-state index < -0.39 is 0 Å². The monoisotopic (exact) mass is 323 g/mol. The number of nitrogens with one attached hydrogen (secondary N) is 1. The predicted octanol–water partition coefficient (Wildman–Crippen LogP) is 1.99. The maximum absolute atomic E-state index is 12.0. The molecule has 0 unspecified atom stereocenters. The molecule has 1 N–H and O–H groups in total. The molecular weight excluding hydrogens is 310 g/mol. The van der Waals surface area contributed by atoms with E-state index in [2.05, 4.69) is 25.4 Å². The van der Waals surface area contributed by atoms with Crippen molar-refractivity contribution in [2.45, 2.75) is 18.9 Å². The molecule has 1 saturated heterocycles. The Kier molecular flexibility index (Phi) is 4.31. The Morgan fingerprint density at radius 1 is 1.33 bits per heavy atom. The van der Waals surface area contributed by atoms with E-state index in [9.17, 15) is 4.79 Å². The summed E-state index contributed by atoms with van der Waals surface area (Å²) in [4.78, 5) is 18.6. The van der Waals surface area contributed by atoms with Gasteiger partial charge in [0.05, 0.1) is 0 Å². The van der Waals surface area contributed by atoms with Crippen molar-refractivity contribution >= 4 is 34.7 Å². The first-order valence-corrected chi connectivity index (χ1v) is 7.87. The number of pyridine rings is 1. The van der Waals surface area contributed by atoms with Gasteiger partial charge in [-0.15, -0.1) is 10.2 Å². The fraction of sp³-hybridized carbons (Fsp3) is 0.385. The van der Waals surface area contributed by atoms with Crippen LogP contribution in [0.4, 0.5) is 5.82 Å². The summed E-state index contributed by atoms with van der Waals surface area (Å²) in [6.07, 6.45) is 3.56. The zero-order valence-corrected chi connectivity index (χ0v) is 12.8. The van der Waals surface area contributed by atoms with Crippen LogP contribution in [0, 0.1) is 0 Å². The molecule has 6 nitrogen and oxygen atoms in total. The number of carbonyl (C=O) groups excluding carboxylic acids is 1. The number of aromatic nitrogens is 3. The highest BCUT2D eigenvalue weighted by atomic mass is 35.5. The molecule has 0 atom stereocenters. The molecule has 0 spiro atoms. The molecule has 0 radical (unpaired) electrons. The lowest BCUT2D eigenvalue weighted by molar-refractivity contribution is 0.0930. The molecule has 1 aliphatic rings. The maximum atomic E-state index is 12.0. The van der Waals surface area contributed by atoms with Gasteiger partial charge in [-0.3, -0.25) is 4.79 Å². The van der Waals surface area contributed by atoms with Crippen molar-refractivity contribution in [2.75, 3.05) is 18.0 Å². The van der Waals surface area contributed by atoms with Gasteiger partial charge < -0.3 is 10.2 Å². The quantitative estimate of drug-likeness (QED) is 0.935. The van der Waals surface area contributed by atoms with Crippen LogP contribution < -0.4 is 10.2 Å². The number of amides is 1. The standard InChI is InChI=1S/C13H14ClN5OS/c14-13-18-17-12(21-13)11(20)16-9-4-7-19(8-5-9)10-3-1-2-6-15-10/h1-3,6,9H,4-5,7-8H2,(H,16,20). The zero-order chi connectivity index (χ0) is 14.7. The summed E-state index contributed by atoms with van der Waals surface area (Å²) in [7, 11) is 0. The van der Waals surface area contributed by atoms with Gasteiger partial charge in [0.1, 0.15) is 5.82 Å². The molecule has 8 heteroatoms. The second-order valence-corrected chi connectivity index (χ2v) is 6.34. The van der Waals surface area contributed by atoms with E-state index in [1.165, 1.54) is 0 Å². The Morgan fingerprint density at radius 2 is 2.14 bits per heavy atom. The molecular formula is C13H14ClN5OS. The molecule has 0 bridgehead atoms. The van der Waals surface area contributed by atoms with Crippen molar-refractivity contribution in [3.8, 4) is 0 Å². The van der Waals surface area contributed by atoms with E-state index in [0.717, 1.165) is 43.1 Å². The fourth-order valence-electron chi connectivity index (χ4n) is 2.34. The molecule has 110 valence electrons. The predicted molar refractivity (Wildman–Crippen MR) is 81.9 cm³/mol. The molecule has 1 fully saturated rings. The SMILES string of the molecule is O=C(NC1CCN(c2ccccn2)CC1)c1nnc(Cl)s1. The average molecular weight is 324 g/mol. The van der Waals surface area contributed by atoms with Crippen LogP contribution in [0.1, 0.15) is 22.6 Å². The Bertz CT molecular complexity index is 612. The minimum absolute atomic E-state index is 0.153. The minimum Gasteiger partial charge on any atom is -0.356 e. The third-order valence-corrected chi connectivity index (χ3v) is 4.42. The van der Waals surface area contributed by atoms with Crippen LogP contribution in [0.15, 0.2) is 24.4 Å². The molecule has 0 saturated carbocycles. The van der Waals surface area contributed by atoms with Crippen molar-refractivity contribution in [3.63, 3.8) is 0 Å². The van der Waals surface area contributed by atoms with Gasteiger partial charge in [-0.1, -0.05) is 17.4 Å². The van der Waals surface area contributed by atoms with Crippen LogP contribution in [0.2, 0.25) is 4.47 Å². The highest BCUT2D eigenvalue weighted by Crippen LogP contribution is 2.19. The summed E-state index contributed by atoms with van der Waals surface area (Å²) in [6, 6.07) is 6.04. The van der Waals surface area contributed by atoms with E-state index in [0.29, 0.717) is 5.01 Å². The molecule has 3 rings (SSSR count). The van der Waals surface area contributed by atoms with E-state index in [4.69, 9.17) is 11.6 Å². The van der Waals surface area contributed by atoms with Gasteiger partial charge >= 0.3 is 0 Å². The van der Waals surface area contributed by atoms with Gasteiger partial charge in [0.25, 0.3) is 5.91 Å². The van der Waals surface area contributed by atoms with Crippen LogP contribution in [-0.4, -0.2) is 40.2 Å². The van der Waals surface area contributed by atoms with Crippen molar-refractivity contribution in [1.29, 1.82) is 0 Å². The van der Waals surface area contributed by atoms with Gasteiger partial charge in [-0.25, -0.2) is 4.98 Å². The van der Waals surface area contributed by atoms with Gasteiger partial charge in [0.15, 0.2) is 0 Å². The molecule has 0 aromatic carbocycles. The number of nitrogens with zero attached hydrogens (tertiary/aromatic N) is 4. The number of piperidine rings is 1. The smallest absolute Gasteiger partial charge is 0.282 e. The van der Waals surface area contributed by atoms with E-state index in [-0.39, 0.29) is 16.4 Å². The third-order valence-electron chi connectivity index (χ3n) is 3.40. The number of hydrogen-bond acceptors (Lipinski definition) is 6. The Balaban J connectivity index is 1.53. The lowest BCUT2D eigenvalue weighted by Gasteiger charge is -2.32. The second-order valence-electron chi connectivity index (χ2n) is 4.78. The minimum atomic E-state index is -0.198. The molecule has 3 heterocycles. The summed E-state index contributed by atoms with van der Waals surface area (Å²) in [5, 5.41) is 10.7. The second kappa shape index (κ2) is 6.36. The van der Waals surface area contributed by atoms with E-state index in [1.54, 1.807) is 6.20 Å². The molecule has 1 aliphatic heterocycles. The molecule has 1 amide bonds. The highest BCUT2D eigenvalue weighted by molar-refractivity contribution is 7.17. The first-order chi connectivity index (χ1) is 10.2. The summed E-state index contributed by atoms with van der Waals surface area (Å²) in [6.45, 7) is 1.75. The Hall–Kier alpha value is -1.73. The summed E-state index contributed by atoms with van der Waals surface area (Å²) >= 11 is 6.78. The third kappa shape index (κ3) is 3.48. The number of halogens is 1. The number of hydrogen-bond donors (Lipinski definition) is 1. The van der Waals surface area contributed by atoms with Crippen LogP contribution in [-0.2, 0) is 0 Å². The first-order valence-electron chi connectivity index (χ1n) is 6.68. The maximum Gasteiger partial charge on any atom is 0.282 e. The zero-order valence-electron chi connectivity index (χ0n) is 11.2. The lowest BCUT2D eigenvalue weighted by Crippen LogP contribution is -2.44. The number of rotatable bonds is 3. The fourth-order valence-corrected chi connectivity index (χ4v) is 3.07. The summed E-state index contributed by atoms with van der Waals surface area (Å²) < 4.78 is 0.283. The van der Waals surface area contributed by atoms with Crippen LogP contribution in [0.25, 0.3) is 0 Å². The van der Waals surface area contributed by atoms with Gasteiger partial charge in [0, 0.05) is 25.3 Å². The van der Waals surface area contributed by atoms with Crippen LogP contribution in [0.3, 0.4) is 0 Å². The van der Waals surface area contributed by atoms with Crippen LogP contribution >= 0.6 is 22.9 Å². The lowest BCUT2D eigenvalue weighted by atomic mass is 10.1.